The Balaban J connectivity index is 4.72. The molecule has 0 aliphatic heterocycles. The predicted octanol–water partition coefficient (Wildman–Crippen LogP) is 1.07. The van der Waals surface area contributed by atoms with E-state index in [4.69, 9.17) is 0 Å². The zero-order valence-corrected chi connectivity index (χ0v) is 17.5. The summed E-state index contributed by atoms with van der Waals surface area (Å²) in [5.41, 5.74) is 0. The van der Waals surface area contributed by atoms with Crippen LogP contribution in [0.1, 0.15) is 20.8 Å². The molecule has 0 saturated carbocycles. The fraction of sp³-hybridized carbons (Fsp3) is 1.00. The van der Waals surface area contributed by atoms with Crippen LogP contribution in [-0.2, 0) is 0 Å². The molecule has 5 nitrogen and oxygen atoms in total. The zero-order valence-electron chi connectivity index (χ0n) is 17.5. The molecule has 3 unspecified atom stereocenters. The third-order valence-corrected chi connectivity index (χ3v) is 4.50. The smallest absolute Gasteiger partial charge is 0.0198 e. The highest BCUT2D eigenvalue weighted by Gasteiger charge is 2.23. The highest BCUT2D eigenvalue weighted by Crippen LogP contribution is 2.10. The summed E-state index contributed by atoms with van der Waals surface area (Å²) in [4.78, 5) is 12.0. The molecule has 23 heavy (non-hydrogen) atoms. The number of hydrogen-bond acceptors (Lipinski definition) is 5. The molecule has 0 aliphatic carbocycles. The minimum Gasteiger partial charge on any atom is -0.308 e. The molecule has 0 aliphatic rings. The molecule has 0 heterocycles. The lowest BCUT2D eigenvalue weighted by Crippen LogP contribution is -2.52. The van der Waals surface area contributed by atoms with Gasteiger partial charge >= 0.3 is 0 Å². The van der Waals surface area contributed by atoms with Gasteiger partial charge in [-0.1, -0.05) is 0 Å². The molecule has 3 atom stereocenters. The minimum atomic E-state index is 0.555. The lowest BCUT2D eigenvalue weighted by atomic mass is 10.1. The molecular formula is C18H43N5. The summed E-state index contributed by atoms with van der Waals surface area (Å²) in [6, 6.07) is 1.70. The van der Waals surface area contributed by atoms with E-state index in [9.17, 15) is 0 Å². The van der Waals surface area contributed by atoms with E-state index in [1.54, 1.807) is 0 Å². The normalized spacial score (nSPS) is 16.8. The van der Waals surface area contributed by atoms with E-state index >= 15 is 0 Å². The maximum atomic E-state index is 2.67. The van der Waals surface area contributed by atoms with Crippen LogP contribution in [0.3, 0.4) is 0 Å². The third-order valence-electron chi connectivity index (χ3n) is 4.50. The van der Waals surface area contributed by atoms with Gasteiger partial charge in [0, 0.05) is 50.8 Å². The topological polar surface area (TPSA) is 16.2 Å². The lowest BCUT2D eigenvalue weighted by Gasteiger charge is -2.39. The molecule has 0 bridgehead atoms. The van der Waals surface area contributed by atoms with Crippen LogP contribution < -0.4 is 0 Å². The van der Waals surface area contributed by atoms with Gasteiger partial charge in [0.15, 0.2) is 0 Å². The monoisotopic (exact) mass is 329 g/mol. The van der Waals surface area contributed by atoms with E-state index in [1.807, 2.05) is 0 Å². The van der Waals surface area contributed by atoms with Crippen molar-refractivity contribution in [2.24, 2.45) is 0 Å². The largest absolute Gasteiger partial charge is 0.308 e. The van der Waals surface area contributed by atoms with Gasteiger partial charge in [0.05, 0.1) is 0 Å². The molecule has 0 N–H and O–H groups in total. The van der Waals surface area contributed by atoms with Crippen molar-refractivity contribution in [3.63, 3.8) is 0 Å². The van der Waals surface area contributed by atoms with Crippen molar-refractivity contribution in [2.45, 2.75) is 38.9 Å². The average Bonchev–Trinajstić information content (AvgIpc) is 2.36. The predicted molar refractivity (Wildman–Crippen MR) is 103 cm³/mol. The molecule has 0 aromatic carbocycles. The van der Waals surface area contributed by atoms with Crippen molar-refractivity contribution in [3.8, 4) is 0 Å². The van der Waals surface area contributed by atoms with Gasteiger partial charge in [-0.25, -0.2) is 0 Å². The van der Waals surface area contributed by atoms with Gasteiger partial charge < -0.3 is 19.6 Å². The van der Waals surface area contributed by atoms with Crippen molar-refractivity contribution in [1.82, 2.24) is 24.5 Å². The Morgan fingerprint density at radius 3 is 1.39 bits per heavy atom. The minimum absolute atomic E-state index is 0.555. The van der Waals surface area contributed by atoms with Crippen LogP contribution in [0.4, 0.5) is 0 Å². The van der Waals surface area contributed by atoms with Gasteiger partial charge in [-0.3, -0.25) is 4.90 Å². The Morgan fingerprint density at radius 2 is 0.957 bits per heavy atom. The molecular weight excluding hydrogens is 286 g/mol. The Kier molecular flexibility index (Phi) is 11.3. The molecule has 0 amide bonds. The molecule has 0 fully saturated rings. The molecule has 5 heteroatoms. The van der Waals surface area contributed by atoms with Crippen LogP contribution >= 0.6 is 0 Å². The van der Waals surface area contributed by atoms with Gasteiger partial charge in [0.2, 0.25) is 0 Å². The number of rotatable bonds is 12. The molecule has 0 radical (unpaired) electrons. The fourth-order valence-electron chi connectivity index (χ4n) is 3.19. The number of hydrogen-bond donors (Lipinski definition) is 0. The standard InChI is InChI=1S/C18H43N5/c1-16(13-20(6)7)22(10)15-18(3)23(12-11-19(4)5)17(2)14-21(8)9/h16-18H,11-15H2,1-10H3. The highest BCUT2D eigenvalue weighted by molar-refractivity contribution is 4.80. The van der Waals surface area contributed by atoms with E-state index in [0.29, 0.717) is 18.1 Å². The molecule has 0 spiro atoms. The van der Waals surface area contributed by atoms with Crippen molar-refractivity contribution in [1.29, 1.82) is 0 Å². The summed E-state index contributed by atoms with van der Waals surface area (Å²) in [7, 11) is 15.2. The molecule has 0 aromatic rings. The van der Waals surface area contributed by atoms with Crippen molar-refractivity contribution < 1.29 is 0 Å². The Bertz CT molecular complexity index is 293. The summed E-state index contributed by atoms with van der Waals surface area (Å²) in [6.45, 7) is 12.6. The van der Waals surface area contributed by atoms with Crippen LogP contribution in [0.25, 0.3) is 0 Å². The van der Waals surface area contributed by atoms with Crippen molar-refractivity contribution in [3.05, 3.63) is 0 Å². The summed E-state index contributed by atoms with van der Waals surface area (Å²) in [5.74, 6) is 0. The summed E-state index contributed by atoms with van der Waals surface area (Å²) in [5, 5.41) is 0. The second-order valence-electron chi connectivity index (χ2n) is 8.05. The Morgan fingerprint density at radius 1 is 0.522 bits per heavy atom. The Labute approximate surface area is 146 Å². The first kappa shape index (κ1) is 22.8. The van der Waals surface area contributed by atoms with Gasteiger partial charge in [-0.05, 0) is 70.1 Å². The average molecular weight is 330 g/mol. The van der Waals surface area contributed by atoms with Crippen molar-refractivity contribution >= 4 is 0 Å². The highest BCUT2D eigenvalue weighted by atomic mass is 15.3. The first-order valence-electron chi connectivity index (χ1n) is 8.94. The summed E-state index contributed by atoms with van der Waals surface area (Å²) < 4.78 is 0. The van der Waals surface area contributed by atoms with Gasteiger partial charge in [0.25, 0.3) is 0 Å². The Hall–Kier alpha value is -0.200. The van der Waals surface area contributed by atoms with Crippen LogP contribution in [0, 0.1) is 0 Å². The summed E-state index contributed by atoms with van der Waals surface area (Å²) in [6.07, 6.45) is 0. The van der Waals surface area contributed by atoms with Crippen LogP contribution in [-0.4, -0.2) is 125 Å². The van der Waals surface area contributed by atoms with E-state index in [1.165, 1.54) is 0 Å². The van der Waals surface area contributed by atoms with Gasteiger partial charge in [-0.15, -0.1) is 0 Å². The maximum absolute atomic E-state index is 2.67. The van der Waals surface area contributed by atoms with Crippen LogP contribution in [0.5, 0.6) is 0 Å². The van der Waals surface area contributed by atoms with E-state index in [0.717, 1.165) is 32.7 Å². The fourth-order valence-corrected chi connectivity index (χ4v) is 3.19. The molecule has 0 aromatic heterocycles. The third kappa shape index (κ3) is 10.3. The first-order chi connectivity index (χ1) is 10.5. The number of nitrogens with zero attached hydrogens (tertiary/aromatic N) is 5. The zero-order chi connectivity index (χ0) is 18.2. The van der Waals surface area contributed by atoms with E-state index in [2.05, 4.69) is 94.6 Å². The summed E-state index contributed by atoms with van der Waals surface area (Å²) >= 11 is 0. The molecule has 140 valence electrons. The van der Waals surface area contributed by atoms with Crippen LogP contribution in [0.2, 0.25) is 0 Å². The first-order valence-corrected chi connectivity index (χ1v) is 8.94. The SMILES string of the molecule is CC(CN(C)C)N(C)CC(C)N(CCN(C)C)C(C)CN(C)C. The maximum Gasteiger partial charge on any atom is 0.0198 e. The van der Waals surface area contributed by atoms with Gasteiger partial charge in [-0.2, -0.15) is 0 Å². The van der Waals surface area contributed by atoms with Crippen molar-refractivity contribution in [2.75, 3.05) is 82.1 Å². The van der Waals surface area contributed by atoms with Crippen LogP contribution in [0.15, 0.2) is 0 Å². The quantitative estimate of drug-likeness (QED) is 0.531. The van der Waals surface area contributed by atoms with Gasteiger partial charge in [0.1, 0.15) is 0 Å². The molecule has 0 saturated heterocycles. The van der Waals surface area contributed by atoms with E-state index in [-0.39, 0.29) is 0 Å². The lowest BCUT2D eigenvalue weighted by molar-refractivity contribution is 0.0842. The van der Waals surface area contributed by atoms with E-state index < -0.39 is 0 Å². The second kappa shape index (κ2) is 11.4. The number of likely N-dealkylation sites (N-methyl/N-ethyl adjacent to an activating group) is 4. The molecule has 0 rings (SSSR count). The second-order valence-corrected chi connectivity index (χ2v) is 8.05.